The fraction of sp³-hybridized carbons (Fsp3) is 0.800. The molecule has 0 aromatic heterocycles. The number of esters is 1. The zero-order valence-electron chi connectivity index (χ0n) is 8.90. The van der Waals surface area contributed by atoms with Crippen LogP contribution in [-0.2, 0) is 14.3 Å². The first kappa shape index (κ1) is 11.2. The van der Waals surface area contributed by atoms with E-state index in [-0.39, 0.29) is 24.0 Å². The molecule has 0 aliphatic carbocycles. The summed E-state index contributed by atoms with van der Waals surface area (Å²) in [5.41, 5.74) is 0. The third-order valence-corrected chi connectivity index (χ3v) is 2.47. The van der Waals surface area contributed by atoms with Gasteiger partial charge in [-0.3, -0.25) is 9.79 Å². The molecule has 80 valence electrons. The summed E-state index contributed by atoms with van der Waals surface area (Å²) in [7, 11) is 1.64. The predicted molar refractivity (Wildman–Crippen MR) is 53.5 cm³/mol. The molecule has 0 unspecified atom stereocenters. The van der Waals surface area contributed by atoms with Gasteiger partial charge in [0.25, 0.3) is 0 Å². The van der Waals surface area contributed by atoms with E-state index in [1.807, 2.05) is 13.1 Å². The first-order valence-corrected chi connectivity index (χ1v) is 4.91. The van der Waals surface area contributed by atoms with Crippen molar-refractivity contribution in [1.82, 2.24) is 0 Å². The van der Waals surface area contributed by atoms with Gasteiger partial charge >= 0.3 is 5.97 Å². The van der Waals surface area contributed by atoms with Gasteiger partial charge < -0.3 is 9.47 Å². The Labute approximate surface area is 84.3 Å². The lowest BCUT2D eigenvalue weighted by Crippen LogP contribution is -2.34. The van der Waals surface area contributed by atoms with E-state index < -0.39 is 0 Å². The number of carbonyl (C=O) groups excluding carboxylic acids is 1. The smallest absolute Gasteiger partial charge is 0.310 e. The Morgan fingerprint density at radius 3 is 3.00 bits per heavy atom. The first-order chi connectivity index (χ1) is 6.70. The minimum Gasteiger partial charge on any atom is -0.466 e. The molecule has 0 amide bonds. The van der Waals surface area contributed by atoms with E-state index in [1.165, 1.54) is 0 Å². The topological polar surface area (TPSA) is 47.9 Å². The molecule has 4 nitrogen and oxygen atoms in total. The molecule has 0 aromatic carbocycles. The summed E-state index contributed by atoms with van der Waals surface area (Å²) in [5.74, 6) is -0.419. The summed E-state index contributed by atoms with van der Waals surface area (Å²) in [6.07, 6.45) is 2.62. The van der Waals surface area contributed by atoms with Crippen molar-refractivity contribution in [3.8, 4) is 0 Å². The highest BCUT2D eigenvalue weighted by Gasteiger charge is 2.33. The lowest BCUT2D eigenvalue weighted by atomic mass is 9.98. The molecule has 0 aromatic rings. The van der Waals surface area contributed by atoms with Crippen LogP contribution in [0.4, 0.5) is 0 Å². The van der Waals surface area contributed by atoms with Crippen molar-refractivity contribution in [2.45, 2.75) is 32.4 Å². The van der Waals surface area contributed by atoms with Crippen LogP contribution in [0.1, 0.15) is 20.3 Å². The molecule has 0 N–H and O–H groups in total. The highest BCUT2D eigenvalue weighted by atomic mass is 16.5. The molecule has 3 atom stereocenters. The van der Waals surface area contributed by atoms with Crippen LogP contribution >= 0.6 is 0 Å². The molecule has 4 heteroatoms. The van der Waals surface area contributed by atoms with E-state index >= 15 is 0 Å². The molecule has 0 bridgehead atoms. The molecule has 1 aliphatic rings. The number of carbonyl (C=O) groups is 1. The maximum atomic E-state index is 11.4. The first-order valence-electron chi connectivity index (χ1n) is 4.91. The van der Waals surface area contributed by atoms with Crippen molar-refractivity contribution in [1.29, 1.82) is 0 Å². The number of nitrogens with zero attached hydrogens (tertiary/aromatic N) is 1. The van der Waals surface area contributed by atoms with Crippen molar-refractivity contribution >= 4 is 12.2 Å². The minimum atomic E-state index is -0.223. The van der Waals surface area contributed by atoms with Gasteiger partial charge in [0.05, 0.1) is 24.7 Å². The molecule has 1 rings (SSSR count). The lowest BCUT2D eigenvalue weighted by molar-refractivity contribution is -0.149. The number of aliphatic imine (C=N–C) groups is 1. The van der Waals surface area contributed by atoms with Gasteiger partial charge in [0, 0.05) is 19.7 Å². The van der Waals surface area contributed by atoms with E-state index in [0.29, 0.717) is 6.61 Å². The lowest BCUT2D eigenvalue weighted by Gasteiger charge is -2.21. The third kappa shape index (κ3) is 2.32. The Kier molecular flexibility index (Phi) is 4.07. The van der Waals surface area contributed by atoms with Crippen LogP contribution in [0.2, 0.25) is 0 Å². The maximum Gasteiger partial charge on any atom is 0.310 e. The van der Waals surface area contributed by atoms with Crippen LogP contribution in [0, 0.1) is 5.92 Å². The highest BCUT2D eigenvalue weighted by Crippen LogP contribution is 2.21. The van der Waals surface area contributed by atoms with Crippen LogP contribution in [0.25, 0.3) is 0 Å². The van der Waals surface area contributed by atoms with Crippen molar-refractivity contribution in [3.05, 3.63) is 0 Å². The van der Waals surface area contributed by atoms with Crippen LogP contribution in [0.3, 0.4) is 0 Å². The summed E-state index contributed by atoms with van der Waals surface area (Å²) in [5, 5.41) is 0. The molecular weight excluding hydrogens is 182 g/mol. The SMILES string of the molecule is CCOC(=O)[C@H](C)[C@H]1N=CC[C@@H]1OC. The number of hydrogen-bond donors (Lipinski definition) is 0. The van der Waals surface area contributed by atoms with Gasteiger partial charge in [0.15, 0.2) is 0 Å². The van der Waals surface area contributed by atoms with E-state index in [0.717, 1.165) is 6.42 Å². The third-order valence-electron chi connectivity index (χ3n) is 2.47. The summed E-state index contributed by atoms with van der Waals surface area (Å²) in [6, 6.07) is -0.0842. The van der Waals surface area contributed by atoms with Crippen LogP contribution in [0.15, 0.2) is 4.99 Å². The Hall–Kier alpha value is -0.900. The van der Waals surface area contributed by atoms with Gasteiger partial charge in [0.2, 0.25) is 0 Å². The van der Waals surface area contributed by atoms with Gasteiger partial charge in [-0.15, -0.1) is 0 Å². The summed E-state index contributed by atoms with van der Waals surface area (Å²) in [6.45, 7) is 4.05. The van der Waals surface area contributed by atoms with Crippen molar-refractivity contribution in [3.63, 3.8) is 0 Å². The normalized spacial score (nSPS) is 27.6. The van der Waals surface area contributed by atoms with Crippen molar-refractivity contribution in [2.75, 3.05) is 13.7 Å². The summed E-state index contributed by atoms with van der Waals surface area (Å²) < 4.78 is 10.2. The Morgan fingerprint density at radius 1 is 1.71 bits per heavy atom. The minimum absolute atomic E-state index is 0.0226. The van der Waals surface area contributed by atoms with E-state index in [4.69, 9.17) is 9.47 Å². The van der Waals surface area contributed by atoms with E-state index in [2.05, 4.69) is 4.99 Å². The second-order valence-electron chi connectivity index (χ2n) is 3.37. The molecular formula is C10H17NO3. The standard InChI is InChI=1S/C10H17NO3/c1-4-14-10(12)7(2)9-8(13-3)5-6-11-9/h6-9H,4-5H2,1-3H3/t7-,8+,9-/m1/s1. The number of hydrogen-bond acceptors (Lipinski definition) is 4. The zero-order chi connectivity index (χ0) is 10.6. The molecule has 0 radical (unpaired) electrons. The Bertz CT molecular complexity index is 227. The summed E-state index contributed by atoms with van der Waals surface area (Å²) >= 11 is 0. The van der Waals surface area contributed by atoms with Gasteiger partial charge in [0.1, 0.15) is 0 Å². The van der Waals surface area contributed by atoms with Gasteiger partial charge in [-0.1, -0.05) is 0 Å². The quantitative estimate of drug-likeness (QED) is 0.636. The number of ether oxygens (including phenoxy) is 2. The van der Waals surface area contributed by atoms with E-state index in [9.17, 15) is 4.79 Å². The zero-order valence-corrected chi connectivity index (χ0v) is 8.90. The Balaban J connectivity index is 2.54. The van der Waals surface area contributed by atoms with Gasteiger partial charge in [-0.05, 0) is 13.8 Å². The number of methoxy groups -OCH3 is 1. The van der Waals surface area contributed by atoms with Crippen LogP contribution in [0.5, 0.6) is 0 Å². The van der Waals surface area contributed by atoms with Gasteiger partial charge in [-0.2, -0.15) is 0 Å². The Morgan fingerprint density at radius 2 is 2.43 bits per heavy atom. The van der Waals surface area contributed by atoms with E-state index in [1.54, 1.807) is 14.0 Å². The largest absolute Gasteiger partial charge is 0.466 e. The van der Waals surface area contributed by atoms with Gasteiger partial charge in [-0.25, -0.2) is 0 Å². The maximum absolute atomic E-state index is 11.4. The molecule has 1 heterocycles. The van der Waals surface area contributed by atoms with Crippen LogP contribution in [-0.4, -0.2) is 38.0 Å². The fourth-order valence-corrected chi connectivity index (χ4v) is 1.62. The predicted octanol–water partition coefficient (Wildman–Crippen LogP) is 1.04. The average molecular weight is 199 g/mol. The summed E-state index contributed by atoms with van der Waals surface area (Å²) in [4.78, 5) is 15.7. The second kappa shape index (κ2) is 5.10. The fourth-order valence-electron chi connectivity index (χ4n) is 1.62. The van der Waals surface area contributed by atoms with Crippen molar-refractivity contribution in [2.24, 2.45) is 10.9 Å². The second-order valence-corrected chi connectivity index (χ2v) is 3.37. The molecule has 0 spiro atoms. The molecule has 1 aliphatic heterocycles. The number of rotatable bonds is 4. The molecule has 14 heavy (non-hydrogen) atoms. The average Bonchev–Trinajstić information content (AvgIpc) is 2.64. The van der Waals surface area contributed by atoms with Crippen LogP contribution < -0.4 is 0 Å². The molecule has 0 fully saturated rings. The molecule has 0 saturated carbocycles. The van der Waals surface area contributed by atoms with Crippen molar-refractivity contribution < 1.29 is 14.3 Å². The monoisotopic (exact) mass is 199 g/mol. The molecule has 0 saturated heterocycles. The highest BCUT2D eigenvalue weighted by molar-refractivity contribution is 5.74.